The fourth-order valence-corrected chi connectivity index (χ4v) is 2.92. The molecule has 1 aliphatic heterocycles. The van der Waals surface area contributed by atoms with Crippen molar-refractivity contribution in [3.05, 3.63) is 22.4 Å². The van der Waals surface area contributed by atoms with Crippen LogP contribution in [-0.4, -0.2) is 47.7 Å². The van der Waals surface area contributed by atoms with E-state index in [1.807, 2.05) is 17.2 Å². The standard InChI is InChI=1S/C13H18BrN3O2/c14-9-5-12(17(7-9)10-1-2-10)13(18)16-3-4-19-11(6-15)8-16/h5,7,10-11H,1-4,6,8,15H2. The van der Waals surface area contributed by atoms with Crippen molar-refractivity contribution in [3.8, 4) is 0 Å². The first-order chi connectivity index (χ1) is 9.19. The van der Waals surface area contributed by atoms with Crippen molar-refractivity contribution >= 4 is 21.8 Å². The Morgan fingerprint density at radius 3 is 3.00 bits per heavy atom. The number of hydrogen-bond donors (Lipinski definition) is 1. The van der Waals surface area contributed by atoms with Crippen LogP contribution >= 0.6 is 15.9 Å². The Labute approximate surface area is 120 Å². The van der Waals surface area contributed by atoms with Crippen molar-refractivity contribution in [1.29, 1.82) is 0 Å². The maximum atomic E-state index is 12.6. The van der Waals surface area contributed by atoms with Crippen molar-refractivity contribution in [2.45, 2.75) is 25.0 Å². The summed E-state index contributed by atoms with van der Waals surface area (Å²) in [5.41, 5.74) is 6.39. The third-order valence-electron chi connectivity index (χ3n) is 3.66. The highest BCUT2D eigenvalue weighted by Crippen LogP contribution is 2.37. The molecule has 1 saturated carbocycles. The van der Waals surface area contributed by atoms with E-state index in [1.54, 1.807) is 0 Å². The second-order valence-electron chi connectivity index (χ2n) is 5.16. The summed E-state index contributed by atoms with van der Waals surface area (Å²) in [4.78, 5) is 14.5. The van der Waals surface area contributed by atoms with Crippen molar-refractivity contribution in [2.75, 3.05) is 26.2 Å². The van der Waals surface area contributed by atoms with Crippen LogP contribution in [0.1, 0.15) is 29.4 Å². The number of amides is 1. The molecule has 1 unspecified atom stereocenters. The third-order valence-corrected chi connectivity index (χ3v) is 4.10. The minimum absolute atomic E-state index is 0.0366. The number of carbonyl (C=O) groups is 1. The molecule has 0 bridgehead atoms. The molecule has 19 heavy (non-hydrogen) atoms. The summed E-state index contributed by atoms with van der Waals surface area (Å²) in [6, 6.07) is 2.41. The summed E-state index contributed by atoms with van der Waals surface area (Å²) in [6.07, 6.45) is 4.29. The maximum Gasteiger partial charge on any atom is 0.270 e. The van der Waals surface area contributed by atoms with Crippen LogP contribution in [0.5, 0.6) is 0 Å². The summed E-state index contributed by atoms with van der Waals surface area (Å²) in [5.74, 6) is 0.0827. The summed E-state index contributed by atoms with van der Waals surface area (Å²) in [5, 5.41) is 0. The van der Waals surface area contributed by atoms with E-state index >= 15 is 0 Å². The molecule has 1 aliphatic carbocycles. The molecule has 2 heterocycles. The van der Waals surface area contributed by atoms with Gasteiger partial charge in [0.25, 0.3) is 5.91 Å². The van der Waals surface area contributed by atoms with Gasteiger partial charge in [-0.2, -0.15) is 0 Å². The van der Waals surface area contributed by atoms with Gasteiger partial charge in [0.1, 0.15) is 5.69 Å². The number of carbonyl (C=O) groups excluding carboxylic acids is 1. The molecule has 3 rings (SSSR count). The fourth-order valence-electron chi connectivity index (χ4n) is 2.48. The zero-order valence-corrected chi connectivity index (χ0v) is 12.3. The average molecular weight is 328 g/mol. The minimum atomic E-state index is -0.0366. The van der Waals surface area contributed by atoms with Crippen molar-refractivity contribution < 1.29 is 9.53 Å². The van der Waals surface area contributed by atoms with E-state index in [9.17, 15) is 4.79 Å². The van der Waals surface area contributed by atoms with Crippen LogP contribution in [0.2, 0.25) is 0 Å². The van der Waals surface area contributed by atoms with E-state index in [1.165, 1.54) is 0 Å². The Hall–Kier alpha value is -0.850. The largest absolute Gasteiger partial charge is 0.373 e. The van der Waals surface area contributed by atoms with Crippen molar-refractivity contribution in [3.63, 3.8) is 0 Å². The topological polar surface area (TPSA) is 60.5 Å². The highest BCUT2D eigenvalue weighted by molar-refractivity contribution is 9.10. The monoisotopic (exact) mass is 327 g/mol. The molecule has 2 aliphatic rings. The molecule has 2 fully saturated rings. The molecule has 0 radical (unpaired) electrons. The number of rotatable bonds is 3. The summed E-state index contributed by atoms with van der Waals surface area (Å²) >= 11 is 3.46. The number of ether oxygens (including phenoxy) is 1. The van der Waals surface area contributed by atoms with Gasteiger partial charge in [0.05, 0.1) is 12.7 Å². The minimum Gasteiger partial charge on any atom is -0.373 e. The normalized spacial score (nSPS) is 23.7. The zero-order valence-electron chi connectivity index (χ0n) is 10.7. The first-order valence-electron chi connectivity index (χ1n) is 6.67. The van der Waals surface area contributed by atoms with Crippen LogP contribution in [0.25, 0.3) is 0 Å². The smallest absolute Gasteiger partial charge is 0.270 e. The van der Waals surface area contributed by atoms with E-state index in [0.29, 0.717) is 32.3 Å². The van der Waals surface area contributed by atoms with E-state index in [-0.39, 0.29) is 12.0 Å². The average Bonchev–Trinajstić information content (AvgIpc) is 3.21. The molecule has 5 nitrogen and oxygen atoms in total. The lowest BCUT2D eigenvalue weighted by Crippen LogP contribution is -2.48. The van der Waals surface area contributed by atoms with Gasteiger partial charge in [0.2, 0.25) is 0 Å². The molecule has 0 aromatic carbocycles. The molecule has 1 aromatic rings. The van der Waals surface area contributed by atoms with Gasteiger partial charge in [0.15, 0.2) is 0 Å². The lowest BCUT2D eigenvalue weighted by molar-refractivity contribution is -0.0171. The molecule has 0 spiro atoms. The lowest BCUT2D eigenvalue weighted by Gasteiger charge is -2.32. The summed E-state index contributed by atoms with van der Waals surface area (Å²) in [7, 11) is 0. The third kappa shape index (κ3) is 2.70. The van der Waals surface area contributed by atoms with E-state index in [2.05, 4.69) is 20.5 Å². The van der Waals surface area contributed by atoms with Crippen LogP contribution in [0.4, 0.5) is 0 Å². The second-order valence-corrected chi connectivity index (χ2v) is 6.08. The van der Waals surface area contributed by atoms with Gasteiger partial charge in [-0.3, -0.25) is 4.79 Å². The van der Waals surface area contributed by atoms with Gasteiger partial charge in [-0.1, -0.05) is 0 Å². The van der Waals surface area contributed by atoms with Crippen LogP contribution < -0.4 is 5.73 Å². The Bertz CT molecular complexity index is 484. The molecule has 2 N–H and O–H groups in total. The Balaban J connectivity index is 1.79. The molecular weight excluding hydrogens is 310 g/mol. The zero-order chi connectivity index (χ0) is 13.4. The molecule has 1 saturated heterocycles. The van der Waals surface area contributed by atoms with E-state index in [4.69, 9.17) is 10.5 Å². The second kappa shape index (κ2) is 5.26. The number of nitrogens with two attached hydrogens (primary N) is 1. The maximum absolute atomic E-state index is 12.6. The van der Waals surface area contributed by atoms with Gasteiger partial charge in [-0.05, 0) is 34.8 Å². The highest BCUT2D eigenvalue weighted by Gasteiger charge is 2.31. The van der Waals surface area contributed by atoms with Gasteiger partial charge in [-0.25, -0.2) is 0 Å². The van der Waals surface area contributed by atoms with E-state index in [0.717, 1.165) is 23.0 Å². The van der Waals surface area contributed by atoms with Gasteiger partial charge in [0, 0.05) is 36.3 Å². The predicted octanol–water partition coefficient (Wildman–Crippen LogP) is 1.39. The van der Waals surface area contributed by atoms with Gasteiger partial charge >= 0.3 is 0 Å². The van der Waals surface area contributed by atoms with Crippen LogP contribution in [0.3, 0.4) is 0 Å². The van der Waals surface area contributed by atoms with Crippen LogP contribution in [0, 0.1) is 0 Å². The van der Waals surface area contributed by atoms with Crippen molar-refractivity contribution in [2.24, 2.45) is 5.73 Å². The SMILES string of the molecule is NCC1CN(C(=O)c2cc(Br)cn2C2CC2)CCO1. The first-order valence-corrected chi connectivity index (χ1v) is 7.46. The van der Waals surface area contributed by atoms with E-state index < -0.39 is 0 Å². The Kier molecular flexibility index (Phi) is 3.64. The number of halogens is 1. The molecular formula is C13H18BrN3O2. The number of nitrogens with zero attached hydrogens (tertiary/aromatic N) is 2. The van der Waals surface area contributed by atoms with Crippen molar-refractivity contribution in [1.82, 2.24) is 9.47 Å². The Morgan fingerprint density at radius 1 is 1.53 bits per heavy atom. The predicted molar refractivity (Wildman–Crippen MR) is 75.1 cm³/mol. The van der Waals surface area contributed by atoms with Crippen LogP contribution in [-0.2, 0) is 4.74 Å². The highest BCUT2D eigenvalue weighted by atomic mass is 79.9. The quantitative estimate of drug-likeness (QED) is 0.912. The van der Waals surface area contributed by atoms with Gasteiger partial charge in [-0.15, -0.1) is 0 Å². The first kappa shape index (κ1) is 13.1. The molecule has 1 amide bonds. The fraction of sp³-hybridized carbons (Fsp3) is 0.615. The number of aromatic nitrogens is 1. The van der Waals surface area contributed by atoms with Gasteiger partial charge < -0.3 is 19.9 Å². The molecule has 104 valence electrons. The lowest BCUT2D eigenvalue weighted by atomic mass is 10.2. The number of hydrogen-bond acceptors (Lipinski definition) is 3. The summed E-state index contributed by atoms with van der Waals surface area (Å²) < 4.78 is 8.56. The number of morpholine rings is 1. The van der Waals surface area contributed by atoms with Crippen LogP contribution in [0.15, 0.2) is 16.7 Å². The molecule has 1 aromatic heterocycles. The molecule has 1 atom stereocenters. The Morgan fingerprint density at radius 2 is 2.32 bits per heavy atom. The summed E-state index contributed by atoms with van der Waals surface area (Å²) in [6.45, 7) is 2.25. The molecule has 6 heteroatoms.